The van der Waals surface area contributed by atoms with Crippen LogP contribution in [0.2, 0.25) is 0 Å². The lowest BCUT2D eigenvalue weighted by atomic mass is 10.1. The highest BCUT2D eigenvalue weighted by Gasteiger charge is 2.20. The summed E-state index contributed by atoms with van der Waals surface area (Å²) in [5.74, 6) is 0.152. The Labute approximate surface area is 133 Å². The van der Waals surface area contributed by atoms with Crippen LogP contribution in [0.4, 0.5) is 4.39 Å². The SMILES string of the molecule is O=C(NCCCOc1ccc(F)cc1)c1n[nH]c2c1CNCC2. The molecule has 2 aromatic rings. The van der Waals surface area contributed by atoms with Gasteiger partial charge in [0.15, 0.2) is 5.69 Å². The molecule has 0 spiro atoms. The lowest BCUT2D eigenvalue weighted by Crippen LogP contribution is -2.29. The normalized spacial score (nSPS) is 13.4. The summed E-state index contributed by atoms with van der Waals surface area (Å²) in [6, 6.07) is 5.87. The van der Waals surface area contributed by atoms with Crippen molar-refractivity contribution in [2.45, 2.75) is 19.4 Å². The number of hydrogen-bond donors (Lipinski definition) is 3. The van der Waals surface area contributed by atoms with Gasteiger partial charge in [-0.3, -0.25) is 9.89 Å². The smallest absolute Gasteiger partial charge is 0.272 e. The summed E-state index contributed by atoms with van der Waals surface area (Å²) < 4.78 is 18.2. The van der Waals surface area contributed by atoms with Crippen LogP contribution in [-0.4, -0.2) is 35.8 Å². The number of amides is 1. The monoisotopic (exact) mass is 318 g/mol. The molecule has 6 nitrogen and oxygen atoms in total. The molecule has 23 heavy (non-hydrogen) atoms. The van der Waals surface area contributed by atoms with Gasteiger partial charge in [-0.05, 0) is 30.7 Å². The van der Waals surface area contributed by atoms with E-state index in [0.717, 1.165) is 24.2 Å². The van der Waals surface area contributed by atoms with Gasteiger partial charge in [0.2, 0.25) is 0 Å². The molecule has 7 heteroatoms. The van der Waals surface area contributed by atoms with Gasteiger partial charge in [-0.1, -0.05) is 0 Å². The fourth-order valence-electron chi connectivity index (χ4n) is 2.49. The van der Waals surface area contributed by atoms with Crippen molar-refractivity contribution in [1.29, 1.82) is 0 Å². The maximum atomic E-state index is 12.8. The number of nitrogens with one attached hydrogen (secondary N) is 3. The van der Waals surface area contributed by atoms with Crippen LogP contribution in [0.5, 0.6) is 5.75 Å². The lowest BCUT2D eigenvalue weighted by Gasteiger charge is -2.12. The van der Waals surface area contributed by atoms with E-state index in [9.17, 15) is 9.18 Å². The highest BCUT2D eigenvalue weighted by Crippen LogP contribution is 2.15. The van der Waals surface area contributed by atoms with E-state index >= 15 is 0 Å². The van der Waals surface area contributed by atoms with Crippen molar-refractivity contribution < 1.29 is 13.9 Å². The summed E-state index contributed by atoms with van der Waals surface area (Å²) >= 11 is 0. The van der Waals surface area contributed by atoms with E-state index in [1.54, 1.807) is 12.1 Å². The number of halogens is 1. The van der Waals surface area contributed by atoms with Crippen LogP contribution in [0, 0.1) is 5.82 Å². The molecule has 1 aromatic heterocycles. The molecule has 3 rings (SSSR count). The molecule has 0 fully saturated rings. The Morgan fingerprint density at radius 1 is 1.35 bits per heavy atom. The number of H-pyrrole nitrogens is 1. The van der Waals surface area contributed by atoms with Crippen LogP contribution in [0.25, 0.3) is 0 Å². The Morgan fingerprint density at radius 2 is 2.17 bits per heavy atom. The van der Waals surface area contributed by atoms with Crippen molar-refractivity contribution in [3.05, 3.63) is 47.0 Å². The average molecular weight is 318 g/mol. The maximum Gasteiger partial charge on any atom is 0.272 e. The van der Waals surface area contributed by atoms with Gasteiger partial charge in [0, 0.05) is 37.3 Å². The predicted octanol–water partition coefficient (Wildman–Crippen LogP) is 1.39. The van der Waals surface area contributed by atoms with E-state index in [2.05, 4.69) is 20.8 Å². The first-order chi connectivity index (χ1) is 11.2. The second-order valence-electron chi connectivity index (χ2n) is 5.37. The summed E-state index contributed by atoms with van der Waals surface area (Å²) in [5.41, 5.74) is 2.46. The Morgan fingerprint density at radius 3 is 3.00 bits per heavy atom. The molecule has 0 atom stereocenters. The van der Waals surface area contributed by atoms with Gasteiger partial charge >= 0.3 is 0 Å². The summed E-state index contributed by atoms with van der Waals surface area (Å²) in [7, 11) is 0. The standard InChI is InChI=1S/C16H19FN4O2/c17-11-2-4-12(5-3-11)23-9-1-7-19-16(22)15-13-10-18-8-6-14(13)20-21-15/h2-5,18H,1,6-10H2,(H,19,22)(H,20,21). The molecule has 0 saturated carbocycles. The Bertz CT molecular complexity index is 669. The lowest BCUT2D eigenvalue weighted by molar-refractivity contribution is 0.0945. The number of rotatable bonds is 6. The maximum absolute atomic E-state index is 12.8. The van der Waals surface area contributed by atoms with Gasteiger partial charge in [-0.15, -0.1) is 0 Å². The molecule has 1 aliphatic rings. The van der Waals surface area contributed by atoms with E-state index < -0.39 is 0 Å². The van der Waals surface area contributed by atoms with Gasteiger partial charge in [0.05, 0.1) is 6.61 Å². The topological polar surface area (TPSA) is 79.0 Å². The van der Waals surface area contributed by atoms with E-state index in [1.165, 1.54) is 12.1 Å². The van der Waals surface area contributed by atoms with E-state index in [-0.39, 0.29) is 11.7 Å². The van der Waals surface area contributed by atoms with E-state index in [1.807, 2.05) is 0 Å². The Hall–Kier alpha value is -2.41. The molecule has 122 valence electrons. The molecule has 0 saturated heterocycles. The van der Waals surface area contributed by atoms with Gasteiger partial charge in [0.25, 0.3) is 5.91 Å². The molecule has 0 aliphatic carbocycles. The Balaban J connectivity index is 1.41. The molecule has 1 aromatic carbocycles. The first-order valence-corrected chi connectivity index (χ1v) is 7.67. The number of benzene rings is 1. The first kappa shape index (κ1) is 15.5. The van der Waals surface area contributed by atoms with Gasteiger partial charge < -0.3 is 15.4 Å². The zero-order chi connectivity index (χ0) is 16.1. The van der Waals surface area contributed by atoms with Crippen molar-refractivity contribution in [1.82, 2.24) is 20.8 Å². The molecule has 1 aliphatic heterocycles. The van der Waals surface area contributed by atoms with Crippen LogP contribution in [0.3, 0.4) is 0 Å². The number of ether oxygens (including phenoxy) is 1. The fourth-order valence-corrected chi connectivity index (χ4v) is 2.49. The van der Waals surface area contributed by atoms with Gasteiger partial charge in [-0.2, -0.15) is 5.10 Å². The molecule has 0 bridgehead atoms. The summed E-state index contributed by atoms with van der Waals surface area (Å²) in [5, 5.41) is 13.1. The average Bonchev–Trinajstić information content (AvgIpc) is 3.00. The molecule has 0 radical (unpaired) electrons. The second-order valence-corrected chi connectivity index (χ2v) is 5.37. The van der Waals surface area contributed by atoms with E-state index in [4.69, 9.17) is 4.74 Å². The third kappa shape index (κ3) is 3.87. The first-order valence-electron chi connectivity index (χ1n) is 7.67. The summed E-state index contributed by atoms with van der Waals surface area (Å²) in [6.07, 6.45) is 1.52. The fraction of sp³-hybridized carbons (Fsp3) is 0.375. The molecular formula is C16H19FN4O2. The van der Waals surface area contributed by atoms with Crippen molar-refractivity contribution in [2.24, 2.45) is 0 Å². The van der Waals surface area contributed by atoms with Gasteiger partial charge in [-0.25, -0.2) is 4.39 Å². The van der Waals surface area contributed by atoms with Crippen molar-refractivity contribution in [3.8, 4) is 5.75 Å². The van der Waals surface area contributed by atoms with Crippen LogP contribution in [0.1, 0.15) is 28.2 Å². The molecule has 1 amide bonds. The van der Waals surface area contributed by atoms with E-state index in [0.29, 0.717) is 37.6 Å². The van der Waals surface area contributed by atoms with Crippen molar-refractivity contribution in [3.63, 3.8) is 0 Å². The molecule has 0 unspecified atom stereocenters. The van der Waals surface area contributed by atoms with Crippen LogP contribution in [0.15, 0.2) is 24.3 Å². The zero-order valence-corrected chi connectivity index (χ0v) is 12.7. The molecule has 3 N–H and O–H groups in total. The van der Waals surface area contributed by atoms with Crippen LogP contribution < -0.4 is 15.4 Å². The minimum Gasteiger partial charge on any atom is -0.494 e. The molecule has 2 heterocycles. The third-order valence-electron chi connectivity index (χ3n) is 3.71. The quantitative estimate of drug-likeness (QED) is 0.703. The highest BCUT2D eigenvalue weighted by atomic mass is 19.1. The number of fused-ring (bicyclic) bond motifs is 1. The minimum absolute atomic E-state index is 0.173. The number of carbonyl (C=O) groups is 1. The van der Waals surface area contributed by atoms with Crippen LogP contribution in [-0.2, 0) is 13.0 Å². The number of carbonyl (C=O) groups excluding carboxylic acids is 1. The third-order valence-corrected chi connectivity index (χ3v) is 3.71. The highest BCUT2D eigenvalue weighted by molar-refractivity contribution is 5.94. The minimum atomic E-state index is -0.290. The molecular weight excluding hydrogens is 299 g/mol. The van der Waals surface area contributed by atoms with Gasteiger partial charge in [0.1, 0.15) is 11.6 Å². The number of nitrogens with zero attached hydrogens (tertiary/aromatic N) is 1. The summed E-state index contributed by atoms with van der Waals surface area (Å²) in [4.78, 5) is 12.1. The van der Waals surface area contributed by atoms with Crippen molar-refractivity contribution >= 4 is 5.91 Å². The summed E-state index contributed by atoms with van der Waals surface area (Å²) in [6.45, 7) is 2.51. The number of aromatic nitrogens is 2. The Kier molecular flexibility index (Phi) is 4.87. The van der Waals surface area contributed by atoms with Crippen LogP contribution >= 0.6 is 0 Å². The zero-order valence-electron chi connectivity index (χ0n) is 12.7. The predicted molar refractivity (Wildman–Crippen MR) is 82.8 cm³/mol. The van der Waals surface area contributed by atoms with Crippen molar-refractivity contribution in [2.75, 3.05) is 19.7 Å². The largest absolute Gasteiger partial charge is 0.494 e. The number of hydrogen-bond acceptors (Lipinski definition) is 4. The number of aromatic amines is 1. The second kappa shape index (κ2) is 7.23.